The standard InChI is InChI=1S/C21H25BN4O2/c27-22(28)19-7-5-6-18(14-19)15-23-12-13-26(16-20-8-1-3-10-24-20)17-21-9-2-4-11-25-21/h1-11,14,23,27-28H,12-13,15-17H2. The van der Waals surface area contributed by atoms with Crippen LogP contribution < -0.4 is 10.8 Å². The van der Waals surface area contributed by atoms with Gasteiger partial charge < -0.3 is 15.4 Å². The van der Waals surface area contributed by atoms with Crippen molar-refractivity contribution in [3.63, 3.8) is 0 Å². The SMILES string of the molecule is OB(O)c1cccc(CNCCN(Cc2ccccn2)Cc2ccccn2)c1. The number of hydrogen-bond acceptors (Lipinski definition) is 6. The monoisotopic (exact) mass is 376 g/mol. The molecule has 0 bridgehead atoms. The molecule has 0 aliphatic rings. The molecule has 0 fully saturated rings. The predicted molar refractivity (Wildman–Crippen MR) is 111 cm³/mol. The second-order valence-corrected chi connectivity index (χ2v) is 6.65. The Morgan fingerprint density at radius 3 is 2.11 bits per heavy atom. The van der Waals surface area contributed by atoms with Gasteiger partial charge in [0.15, 0.2) is 0 Å². The summed E-state index contributed by atoms with van der Waals surface area (Å²) in [7, 11) is -1.44. The summed E-state index contributed by atoms with van der Waals surface area (Å²) in [5.74, 6) is 0. The highest BCUT2D eigenvalue weighted by Gasteiger charge is 2.11. The molecule has 0 aliphatic heterocycles. The smallest absolute Gasteiger partial charge is 0.423 e. The summed E-state index contributed by atoms with van der Waals surface area (Å²) in [5.41, 5.74) is 3.59. The molecule has 3 rings (SSSR count). The second kappa shape index (κ2) is 10.7. The molecular formula is C21H25BN4O2. The fourth-order valence-corrected chi connectivity index (χ4v) is 2.99. The summed E-state index contributed by atoms with van der Waals surface area (Å²) in [6.07, 6.45) is 3.63. The van der Waals surface area contributed by atoms with Crippen LogP contribution in [0.15, 0.2) is 73.1 Å². The van der Waals surface area contributed by atoms with Gasteiger partial charge >= 0.3 is 7.12 Å². The summed E-state index contributed by atoms with van der Waals surface area (Å²) >= 11 is 0. The van der Waals surface area contributed by atoms with Gasteiger partial charge in [0.2, 0.25) is 0 Å². The van der Waals surface area contributed by atoms with E-state index in [1.165, 1.54) is 0 Å². The summed E-state index contributed by atoms with van der Waals surface area (Å²) in [5, 5.41) is 22.0. The van der Waals surface area contributed by atoms with Crippen LogP contribution in [-0.4, -0.2) is 45.1 Å². The van der Waals surface area contributed by atoms with Crippen LogP contribution in [0.5, 0.6) is 0 Å². The number of hydrogen-bond donors (Lipinski definition) is 3. The Kier molecular flexibility index (Phi) is 7.69. The van der Waals surface area contributed by atoms with Gasteiger partial charge in [-0.1, -0.05) is 36.4 Å². The van der Waals surface area contributed by atoms with E-state index < -0.39 is 7.12 Å². The van der Waals surface area contributed by atoms with Crippen LogP contribution >= 0.6 is 0 Å². The van der Waals surface area contributed by atoms with Crippen molar-refractivity contribution in [2.75, 3.05) is 13.1 Å². The normalized spacial score (nSPS) is 11.0. The van der Waals surface area contributed by atoms with Gasteiger partial charge in [-0.25, -0.2) is 0 Å². The zero-order valence-corrected chi connectivity index (χ0v) is 15.8. The van der Waals surface area contributed by atoms with Crippen molar-refractivity contribution in [3.05, 3.63) is 90.0 Å². The fraction of sp³-hybridized carbons (Fsp3) is 0.238. The Balaban J connectivity index is 1.54. The number of aromatic nitrogens is 2. The van der Waals surface area contributed by atoms with E-state index in [1.54, 1.807) is 12.1 Å². The van der Waals surface area contributed by atoms with Crippen molar-refractivity contribution in [2.24, 2.45) is 0 Å². The van der Waals surface area contributed by atoms with Crippen LogP contribution in [-0.2, 0) is 19.6 Å². The topological polar surface area (TPSA) is 81.5 Å². The Labute approximate surface area is 166 Å². The Bertz CT molecular complexity index is 793. The van der Waals surface area contributed by atoms with Crippen molar-refractivity contribution in [2.45, 2.75) is 19.6 Å². The molecule has 0 saturated carbocycles. The molecule has 144 valence electrons. The average molecular weight is 376 g/mol. The van der Waals surface area contributed by atoms with E-state index in [0.29, 0.717) is 12.0 Å². The van der Waals surface area contributed by atoms with Gasteiger partial charge in [-0.05, 0) is 35.3 Å². The third kappa shape index (κ3) is 6.54. The molecule has 0 aliphatic carbocycles. The molecule has 0 unspecified atom stereocenters. The van der Waals surface area contributed by atoms with Crippen LogP contribution in [0.4, 0.5) is 0 Å². The van der Waals surface area contributed by atoms with Crippen molar-refractivity contribution >= 4 is 12.6 Å². The lowest BCUT2D eigenvalue weighted by molar-refractivity contribution is 0.250. The van der Waals surface area contributed by atoms with Crippen LogP contribution in [0.1, 0.15) is 17.0 Å². The summed E-state index contributed by atoms with van der Waals surface area (Å²) in [4.78, 5) is 11.2. The Morgan fingerprint density at radius 1 is 0.857 bits per heavy atom. The Hall–Kier alpha value is -2.58. The van der Waals surface area contributed by atoms with E-state index in [1.807, 2.05) is 60.9 Å². The molecule has 0 saturated heterocycles. The molecule has 28 heavy (non-hydrogen) atoms. The lowest BCUT2D eigenvalue weighted by Crippen LogP contribution is -2.33. The molecule has 0 atom stereocenters. The first-order valence-electron chi connectivity index (χ1n) is 9.38. The molecule has 2 aromatic heterocycles. The van der Waals surface area contributed by atoms with Crippen molar-refractivity contribution in [3.8, 4) is 0 Å². The number of nitrogens with one attached hydrogen (secondary N) is 1. The largest absolute Gasteiger partial charge is 0.488 e. The third-order valence-corrected chi connectivity index (χ3v) is 4.41. The van der Waals surface area contributed by atoms with Gasteiger partial charge in [-0.2, -0.15) is 0 Å². The first-order valence-corrected chi connectivity index (χ1v) is 9.38. The molecule has 0 spiro atoms. The van der Waals surface area contributed by atoms with Crippen LogP contribution in [0.25, 0.3) is 0 Å². The van der Waals surface area contributed by atoms with Gasteiger partial charge in [-0.15, -0.1) is 0 Å². The Morgan fingerprint density at radius 2 is 1.54 bits per heavy atom. The lowest BCUT2D eigenvalue weighted by atomic mass is 9.80. The molecule has 1 aromatic carbocycles. The maximum absolute atomic E-state index is 9.29. The zero-order valence-electron chi connectivity index (χ0n) is 15.8. The van der Waals surface area contributed by atoms with E-state index in [0.717, 1.165) is 43.1 Å². The quantitative estimate of drug-likeness (QED) is 0.361. The van der Waals surface area contributed by atoms with Crippen molar-refractivity contribution < 1.29 is 10.0 Å². The lowest BCUT2D eigenvalue weighted by Gasteiger charge is -2.22. The number of benzene rings is 1. The van der Waals surface area contributed by atoms with Crippen LogP contribution in [0, 0.1) is 0 Å². The number of nitrogens with zero attached hydrogens (tertiary/aromatic N) is 3. The molecule has 6 nitrogen and oxygen atoms in total. The van der Waals surface area contributed by atoms with Gasteiger partial charge in [0.25, 0.3) is 0 Å². The minimum Gasteiger partial charge on any atom is -0.423 e. The van der Waals surface area contributed by atoms with E-state index in [-0.39, 0.29) is 0 Å². The van der Waals surface area contributed by atoms with E-state index in [2.05, 4.69) is 20.2 Å². The molecule has 7 heteroatoms. The van der Waals surface area contributed by atoms with E-state index in [9.17, 15) is 10.0 Å². The molecule has 2 heterocycles. The van der Waals surface area contributed by atoms with Crippen LogP contribution in [0.3, 0.4) is 0 Å². The van der Waals surface area contributed by atoms with Crippen LogP contribution in [0.2, 0.25) is 0 Å². The average Bonchev–Trinajstić information content (AvgIpc) is 2.73. The highest BCUT2D eigenvalue weighted by atomic mass is 16.4. The summed E-state index contributed by atoms with van der Waals surface area (Å²) in [6, 6.07) is 19.2. The molecule has 0 amide bonds. The first-order chi connectivity index (χ1) is 13.7. The molecule has 3 N–H and O–H groups in total. The molecule has 0 radical (unpaired) electrons. The van der Waals surface area contributed by atoms with E-state index >= 15 is 0 Å². The summed E-state index contributed by atoms with van der Waals surface area (Å²) in [6.45, 7) is 3.82. The van der Waals surface area contributed by atoms with Crippen molar-refractivity contribution in [1.29, 1.82) is 0 Å². The second-order valence-electron chi connectivity index (χ2n) is 6.65. The predicted octanol–water partition coefficient (Wildman–Crippen LogP) is 0.948. The maximum atomic E-state index is 9.29. The third-order valence-electron chi connectivity index (χ3n) is 4.41. The number of pyridine rings is 2. The highest BCUT2D eigenvalue weighted by Crippen LogP contribution is 2.06. The minimum atomic E-state index is -1.44. The minimum absolute atomic E-state index is 0.506. The zero-order chi connectivity index (χ0) is 19.6. The van der Waals surface area contributed by atoms with E-state index in [4.69, 9.17) is 0 Å². The van der Waals surface area contributed by atoms with Gasteiger partial charge in [0.05, 0.1) is 11.4 Å². The molecule has 3 aromatic rings. The molecular weight excluding hydrogens is 351 g/mol. The van der Waals surface area contributed by atoms with Gasteiger partial charge in [0.1, 0.15) is 0 Å². The maximum Gasteiger partial charge on any atom is 0.488 e. The number of rotatable bonds is 10. The summed E-state index contributed by atoms with van der Waals surface area (Å²) < 4.78 is 0. The van der Waals surface area contributed by atoms with Gasteiger partial charge in [-0.3, -0.25) is 14.9 Å². The first kappa shape index (κ1) is 20.2. The van der Waals surface area contributed by atoms with Gasteiger partial charge in [0, 0.05) is 45.1 Å². The fourth-order valence-electron chi connectivity index (χ4n) is 2.99. The van der Waals surface area contributed by atoms with Crippen molar-refractivity contribution in [1.82, 2.24) is 20.2 Å². The highest BCUT2D eigenvalue weighted by molar-refractivity contribution is 6.58.